The standard InChI is InChI=1S/C13H12N2O4/c1-9-13(15(16)17)12(19-14-9)8-5-10-3-6-11(18-2)7-4-10/h3-8H,1-2H3/b8-5+. The lowest BCUT2D eigenvalue weighted by Gasteiger charge is -1.98. The molecule has 0 spiro atoms. The van der Waals surface area contributed by atoms with Gasteiger partial charge in [0, 0.05) is 0 Å². The molecule has 6 heteroatoms. The van der Waals surface area contributed by atoms with Gasteiger partial charge in [-0.05, 0) is 30.7 Å². The molecule has 0 bridgehead atoms. The first kappa shape index (κ1) is 12.8. The Morgan fingerprint density at radius 2 is 2.00 bits per heavy atom. The van der Waals surface area contributed by atoms with Crippen LogP contribution < -0.4 is 4.74 Å². The van der Waals surface area contributed by atoms with Crippen LogP contribution in [-0.4, -0.2) is 17.2 Å². The van der Waals surface area contributed by atoms with Gasteiger partial charge in [0.15, 0.2) is 5.69 Å². The first-order chi connectivity index (χ1) is 9.11. The molecule has 6 nitrogen and oxygen atoms in total. The van der Waals surface area contributed by atoms with Crippen molar-refractivity contribution in [1.82, 2.24) is 5.16 Å². The zero-order valence-corrected chi connectivity index (χ0v) is 10.5. The molecular formula is C13H12N2O4. The van der Waals surface area contributed by atoms with Gasteiger partial charge in [-0.1, -0.05) is 23.4 Å². The predicted molar refractivity (Wildman–Crippen MR) is 69.8 cm³/mol. The van der Waals surface area contributed by atoms with Crippen LogP contribution in [0.15, 0.2) is 28.8 Å². The molecular weight excluding hydrogens is 248 g/mol. The third kappa shape index (κ3) is 2.79. The monoisotopic (exact) mass is 260 g/mol. The molecule has 1 aromatic carbocycles. The van der Waals surface area contributed by atoms with Gasteiger partial charge in [-0.3, -0.25) is 10.1 Å². The molecule has 98 valence electrons. The lowest BCUT2D eigenvalue weighted by Crippen LogP contribution is -1.90. The summed E-state index contributed by atoms with van der Waals surface area (Å²) in [6, 6.07) is 7.29. The van der Waals surface area contributed by atoms with Crippen LogP contribution in [0.25, 0.3) is 12.2 Å². The minimum Gasteiger partial charge on any atom is -0.497 e. The van der Waals surface area contributed by atoms with E-state index in [1.54, 1.807) is 25.3 Å². The number of benzene rings is 1. The minimum absolute atomic E-state index is 0.107. The van der Waals surface area contributed by atoms with E-state index in [0.717, 1.165) is 11.3 Å². The third-order valence-electron chi connectivity index (χ3n) is 2.58. The topological polar surface area (TPSA) is 78.4 Å². The maximum absolute atomic E-state index is 10.9. The van der Waals surface area contributed by atoms with Crippen LogP contribution in [0.4, 0.5) is 5.69 Å². The van der Waals surface area contributed by atoms with Gasteiger partial charge in [-0.2, -0.15) is 0 Å². The molecule has 0 aliphatic carbocycles. The van der Waals surface area contributed by atoms with E-state index in [2.05, 4.69) is 5.16 Å². The fourth-order valence-electron chi connectivity index (χ4n) is 1.60. The number of rotatable bonds is 4. The Bertz CT molecular complexity index is 614. The number of ether oxygens (including phenoxy) is 1. The van der Waals surface area contributed by atoms with Gasteiger partial charge in [0.05, 0.1) is 12.0 Å². The Hall–Kier alpha value is -2.63. The minimum atomic E-state index is -0.500. The molecule has 0 atom stereocenters. The van der Waals surface area contributed by atoms with Crippen molar-refractivity contribution in [1.29, 1.82) is 0 Å². The van der Waals surface area contributed by atoms with E-state index in [0.29, 0.717) is 0 Å². The summed E-state index contributed by atoms with van der Waals surface area (Å²) in [4.78, 5) is 10.4. The van der Waals surface area contributed by atoms with Crippen molar-refractivity contribution in [3.63, 3.8) is 0 Å². The van der Waals surface area contributed by atoms with Gasteiger partial charge < -0.3 is 9.26 Å². The van der Waals surface area contributed by atoms with E-state index in [-0.39, 0.29) is 17.1 Å². The lowest BCUT2D eigenvalue weighted by molar-refractivity contribution is -0.386. The van der Waals surface area contributed by atoms with Gasteiger partial charge in [0.2, 0.25) is 5.76 Å². The van der Waals surface area contributed by atoms with E-state index in [9.17, 15) is 10.1 Å². The van der Waals surface area contributed by atoms with Crippen molar-refractivity contribution < 1.29 is 14.2 Å². The molecule has 19 heavy (non-hydrogen) atoms. The first-order valence-corrected chi connectivity index (χ1v) is 5.54. The molecule has 0 saturated heterocycles. The van der Waals surface area contributed by atoms with Crippen LogP contribution in [-0.2, 0) is 0 Å². The predicted octanol–water partition coefficient (Wildman–Crippen LogP) is 3.07. The van der Waals surface area contributed by atoms with Crippen LogP contribution in [0.5, 0.6) is 5.75 Å². The van der Waals surface area contributed by atoms with Crippen LogP contribution in [0, 0.1) is 17.0 Å². The zero-order chi connectivity index (χ0) is 13.8. The van der Waals surface area contributed by atoms with Crippen LogP contribution >= 0.6 is 0 Å². The number of aryl methyl sites for hydroxylation is 1. The van der Waals surface area contributed by atoms with E-state index in [4.69, 9.17) is 9.26 Å². The molecule has 2 rings (SSSR count). The summed E-state index contributed by atoms with van der Waals surface area (Å²) in [5.74, 6) is 0.886. The molecule has 0 aliphatic rings. The molecule has 0 unspecified atom stereocenters. The first-order valence-electron chi connectivity index (χ1n) is 5.54. The van der Waals surface area contributed by atoms with Crippen molar-refractivity contribution in [3.8, 4) is 5.75 Å². The third-order valence-corrected chi connectivity index (χ3v) is 2.58. The number of nitrogens with zero attached hydrogens (tertiary/aromatic N) is 2. The number of hydrogen-bond donors (Lipinski definition) is 0. The average molecular weight is 260 g/mol. The summed E-state index contributed by atoms with van der Waals surface area (Å²) in [7, 11) is 1.59. The highest BCUT2D eigenvalue weighted by molar-refractivity contribution is 5.71. The van der Waals surface area contributed by atoms with Crippen LogP contribution in [0.3, 0.4) is 0 Å². The fourth-order valence-corrected chi connectivity index (χ4v) is 1.60. The molecule has 0 amide bonds. The molecule has 0 aliphatic heterocycles. The Morgan fingerprint density at radius 1 is 1.32 bits per heavy atom. The van der Waals surface area contributed by atoms with Crippen LogP contribution in [0.1, 0.15) is 17.0 Å². The number of aromatic nitrogens is 1. The van der Waals surface area contributed by atoms with Gasteiger partial charge in [0.1, 0.15) is 5.75 Å². The maximum Gasteiger partial charge on any atom is 0.338 e. The van der Waals surface area contributed by atoms with Crippen LogP contribution in [0.2, 0.25) is 0 Å². The highest BCUT2D eigenvalue weighted by atomic mass is 16.6. The largest absolute Gasteiger partial charge is 0.497 e. The molecule has 0 radical (unpaired) electrons. The second-order valence-corrected chi connectivity index (χ2v) is 3.84. The summed E-state index contributed by atoms with van der Waals surface area (Å²) in [5.41, 5.74) is 1.04. The summed E-state index contributed by atoms with van der Waals surface area (Å²) in [6.45, 7) is 1.53. The SMILES string of the molecule is COc1ccc(/C=C/c2onc(C)c2[N+](=O)[O-])cc1. The van der Waals surface area contributed by atoms with Crippen molar-refractivity contribution in [2.45, 2.75) is 6.92 Å². The van der Waals surface area contributed by atoms with Gasteiger partial charge >= 0.3 is 5.69 Å². The summed E-state index contributed by atoms with van der Waals surface area (Å²) >= 11 is 0. The summed E-state index contributed by atoms with van der Waals surface area (Å²) < 4.78 is 9.96. The van der Waals surface area contributed by atoms with E-state index < -0.39 is 4.92 Å². The Morgan fingerprint density at radius 3 is 2.58 bits per heavy atom. The van der Waals surface area contributed by atoms with Crippen molar-refractivity contribution >= 4 is 17.8 Å². The smallest absolute Gasteiger partial charge is 0.338 e. The number of methoxy groups -OCH3 is 1. The quantitative estimate of drug-likeness (QED) is 0.623. The molecule has 0 saturated carbocycles. The van der Waals surface area contributed by atoms with Gasteiger partial charge in [-0.15, -0.1) is 0 Å². The Kier molecular flexibility index (Phi) is 3.61. The van der Waals surface area contributed by atoms with Crippen molar-refractivity contribution in [2.75, 3.05) is 7.11 Å². The second kappa shape index (κ2) is 5.34. The Labute approximate surface area is 109 Å². The van der Waals surface area contributed by atoms with Gasteiger partial charge in [-0.25, -0.2) is 0 Å². The fraction of sp³-hybridized carbons (Fsp3) is 0.154. The summed E-state index contributed by atoms with van der Waals surface area (Å²) in [5, 5.41) is 14.4. The molecule has 1 aromatic heterocycles. The van der Waals surface area contributed by atoms with E-state index in [1.165, 1.54) is 13.0 Å². The maximum atomic E-state index is 10.9. The zero-order valence-electron chi connectivity index (χ0n) is 10.5. The molecule has 2 aromatic rings. The normalized spacial score (nSPS) is 10.8. The second-order valence-electron chi connectivity index (χ2n) is 3.84. The van der Waals surface area contributed by atoms with Crippen molar-refractivity contribution in [2.24, 2.45) is 0 Å². The molecule has 0 N–H and O–H groups in total. The lowest BCUT2D eigenvalue weighted by atomic mass is 10.2. The van der Waals surface area contributed by atoms with E-state index in [1.807, 2.05) is 12.1 Å². The summed E-state index contributed by atoms with van der Waals surface area (Å²) in [6.07, 6.45) is 3.24. The van der Waals surface area contributed by atoms with Crippen molar-refractivity contribution in [3.05, 3.63) is 51.4 Å². The number of hydrogen-bond acceptors (Lipinski definition) is 5. The highest BCUT2D eigenvalue weighted by Gasteiger charge is 2.21. The number of nitro groups is 1. The molecule has 1 heterocycles. The highest BCUT2D eigenvalue weighted by Crippen LogP contribution is 2.24. The average Bonchev–Trinajstić information content (AvgIpc) is 2.78. The molecule has 0 fully saturated rings. The van der Waals surface area contributed by atoms with E-state index >= 15 is 0 Å². The Balaban J connectivity index is 2.24. The van der Waals surface area contributed by atoms with Gasteiger partial charge in [0.25, 0.3) is 0 Å².